The number of hydrogen-bond acceptors (Lipinski definition) is 3. The SMILES string of the molecule is CCCN(CC1CCCNC1)c1cc(Br)ccc1C#N. The van der Waals surface area contributed by atoms with Gasteiger partial charge in [0, 0.05) is 17.6 Å². The summed E-state index contributed by atoms with van der Waals surface area (Å²) in [4.78, 5) is 2.38. The fraction of sp³-hybridized carbons (Fsp3) is 0.562. The van der Waals surface area contributed by atoms with Crippen LogP contribution in [0.4, 0.5) is 5.69 Å². The first-order valence-corrected chi connectivity index (χ1v) is 8.19. The lowest BCUT2D eigenvalue weighted by Crippen LogP contribution is -2.39. The topological polar surface area (TPSA) is 39.1 Å². The monoisotopic (exact) mass is 335 g/mol. The maximum Gasteiger partial charge on any atom is 0.101 e. The first-order valence-electron chi connectivity index (χ1n) is 7.40. The molecular weight excluding hydrogens is 314 g/mol. The Balaban J connectivity index is 2.18. The van der Waals surface area contributed by atoms with E-state index in [9.17, 15) is 5.26 Å². The molecule has 0 spiro atoms. The quantitative estimate of drug-likeness (QED) is 0.894. The lowest BCUT2D eigenvalue weighted by atomic mass is 9.98. The molecule has 1 N–H and O–H groups in total. The zero-order chi connectivity index (χ0) is 14.4. The zero-order valence-corrected chi connectivity index (χ0v) is 13.6. The molecule has 1 heterocycles. The van der Waals surface area contributed by atoms with E-state index in [0.717, 1.165) is 48.3 Å². The summed E-state index contributed by atoms with van der Waals surface area (Å²) in [5.74, 6) is 0.681. The maximum absolute atomic E-state index is 9.33. The number of anilines is 1. The van der Waals surface area contributed by atoms with E-state index in [1.54, 1.807) is 0 Å². The lowest BCUT2D eigenvalue weighted by molar-refractivity contribution is 0.376. The predicted octanol–water partition coefficient (Wildman–Crippen LogP) is 3.54. The zero-order valence-electron chi connectivity index (χ0n) is 12.0. The molecule has 0 saturated carbocycles. The fourth-order valence-electron chi connectivity index (χ4n) is 2.83. The summed E-state index contributed by atoms with van der Waals surface area (Å²) >= 11 is 3.52. The summed E-state index contributed by atoms with van der Waals surface area (Å²) < 4.78 is 1.04. The van der Waals surface area contributed by atoms with Crippen molar-refractivity contribution in [3.63, 3.8) is 0 Å². The molecule has 0 aliphatic carbocycles. The number of hydrogen-bond donors (Lipinski definition) is 1. The third-order valence-corrected chi connectivity index (χ3v) is 4.29. The van der Waals surface area contributed by atoms with Crippen LogP contribution in [0.25, 0.3) is 0 Å². The van der Waals surface area contributed by atoms with Crippen molar-refractivity contribution in [3.05, 3.63) is 28.2 Å². The number of nitrogens with one attached hydrogen (secondary N) is 1. The third-order valence-electron chi connectivity index (χ3n) is 3.79. The van der Waals surface area contributed by atoms with Crippen LogP contribution in [0, 0.1) is 17.2 Å². The minimum absolute atomic E-state index is 0.681. The molecule has 1 atom stereocenters. The van der Waals surface area contributed by atoms with Crippen LogP contribution in [0.15, 0.2) is 22.7 Å². The van der Waals surface area contributed by atoms with Crippen molar-refractivity contribution in [2.45, 2.75) is 26.2 Å². The Morgan fingerprint density at radius 1 is 1.50 bits per heavy atom. The Labute approximate surface area is 130 Å². The van der Waals surface area contributed by atoms with Crippen molar-refractivity contribution < 1.29 is 0 Å². The highest BCUT2D eigenvalue weighted by Crippen LogP contribution is 2.26. The molecule has 1 aliphatic rings. The standard InChI is InChI=1S/C16H22BrN3/c1-2-8-20(12-13-4-3-7-19-11-13)16-9-15(17)6-5-14(16)10-18/h5-6,9,13,19H,2-4,7-8,11-12H2,1H3. The minimum Gasteiger partial charge on any atom is -0.370 e. The number of benzene rings is 1. The molecule has 4 heteroatoms. The molecule has 1 aliphatic heterocycles. The molecule has 1 aromatic carbocycles. The first-order chi connectivity index (χ1) is 9.74. The highest BCUT2D eigenvalue weighted by molar-refractivity contribution is 9.10. The van der Waals surface area contributed by atoms with Crippen molar-refractivity contribution in [1.29, 1.82) is 5.26 Å². The molecular formula is C16H22BrN3. The van der Waals surface area contributed by atoms with Gasteiger partial charge in [-0.3, -0.25) is 0 Å². The minimum atomic E-state index is 0.681. The summed E-state index contributed by atoms with van der Waals surface area (Å²) in [6.45, 7) is 6.46. The van der Waals surface area contributed by atoms with E-state index >= 15 is 0 Å². The van der Waals surface area contributed by atoms with Gasteiger partial charge >= 0.3 is 0 Å². The van der Waals surface area contributed by atoms with Gasteiger partial charge in [-0.25, -0.2) is 0 Å². The predicted molar refractivity (Wildman–Crippen MR) is 87.0 cm³/mol. The van der Waals surface area contributed by atoms with E-state index in [0.29, 0.717) is 5.92 Å². The highest BCUT2D eigenvalue weighted by Gasteiger charge is 2.19. The molecule has 20 heavy (non-hydrogen) atoms. The van der Waals surface area contributed by atoms with Gasteiger partial charge in [-0.1, -0.05) is 22.9 Å². The van der Waals surface area contributed by atoms with E-state index in [4.69, 9.17) is 0 Å². The molecule has 0 radical (unpaired) electrons. The van der Waals surface area contributed by atoms with Gasteiger partial charge in [0.2, 0.25) is 0 Å². The maximum atomic E-state index is 9.33. The van der Waals surface area contributed by atoms with Crippen molar-refractivity contribution in [2.24, 2.45) is 5.92 Å². The molecule has 108 valence electrons. The van der Waals surface area contributed by atoms with Gasteiger partial charge in [0.15, 0.2) is 0 Å². The second kappa shape index (κ2) is 7.66. The smallest absolute Gasteiger partial charge is 0.101 e. The average Bonchev–Trinajstić information content (AvgIpc) is 2.48. The Morgan fingerprint density at radius 2 is 2.35 bits per heavy atom. The van der Waals surface area contributed by atoms with Crippen molar-refractivity contribution in [3.8, 4) is 6.07 Å². The van der Waals surface area contributed by atoms with Crippen LogP contribution < -0.4 is 10.2 Å². The van der Waals surface area contributed by atoms with Crippen molar-refractivity contribution in [1.82, 2.24) is 5.32 Å². The van der Waals surface area contributed by atoms with Crippen LogP contribution in [0.2, 0.25) is 0 Å². The molecule has 1 fully saturated rings. The molecule has 1 saturated heterocycles. The molecule has 1 unspecified atom stereocenters. The van der Waals surface area contributed by atoms with E-state index in [2.05, 4.69) is 45.2 Å². The van der Waals surface area contributed by atoms with E-state index < -0.39 is 0 Å². The Kier molecular flexibility index (Phi) is 5.87. The molecule has 0 bridgehead atoms. The number of rotatable bonds is 5. The van der Waals surface area contributed by atoms with Gasteiger partial charge in [-0.05, 0) is 56.5 Å². The second-order valence-corrected chi connectivity index (χ2v) is 6.35. The van der Waals surface area contributed by atoms with Crippen LogP contribution in [0.5, 0.6) is 0 Å². The Hall–Kier alpha value is -1.05. The van der Waals surface area contributed by atoms with E-state index in [1.807, 2.05) is 12.1 Å². The molecule has 2 rings (SSSR count). The van der Waals surface area contributed by atoms with E-state index in [1.165, 1.54) is 12.8 Å². The van der Waals surface area contributed by atoms with Crippen LogP contribution in [0.1, 0.15) is 31.7 Å². The summed E-state index contributed by atoms with van der Waals surface area (Å²) in [6, 6.07) is 8.24. The lowest BCUT2D eigenvalue weighted by Gasteiger charge is -2.32. The summed E-state index contributed by atoms with van der Waals surface area (Å²) in [7, 11) is 0. The number of piperidine rings is 1. The van der Waals surface area contributed by atoms with Gasteiger partial charge in [0.05, 0.1) is 11.3 Å². The Morgan fingerprint density at radius 3 is 3.00 bits per heavy atom. The largest absolute Gasteiger partial charge is 0.370 e. The van der Waals surface area contributed by atoms with Crippen LogP contribution >= 0.6 is 15.9 Å². The summed E-state index contributed by atoms with van der Waals surface area (Å²) in [6.07, 6.45) is 3.63. The van der Waals surface area contributed by atoms with E-state index in [-0.39, 0.29) is 0 Å². The third kappa shape index (κ3) is 3.97. The van der Waals surface area contributed by atoms with Gasteiger partial charge < -0.3 is 10.2 Å². The van der Waals surface area contributed by atoms with Gasteiger partial charge in [0.25, 0.3) is 0 Å². The summed E-state index contributed by atoms with van der Waals surface area (Å²) in [5.41, 5.74) is 1.83. The average molecular weight is 336 g/mol. The van der Waals surface area contributed by atoms with Gasteiger partial charge in [-0.2, -0.15) is 5.26 Å². The number of nitriles is 1. The number of halogens is 1. The van der Waals surface area contributed by atoms with Crippen LogP contribution in [0.3, 0.4) is 0 Å². The van der Waals surface area contributed by atoms with Crippen LogP contribution in [-0.4, -0.2) is 26.2 Å². The first kappa shape index (κ1) is 15.3. The molecule has 3 nitrogen and oxygen atoms in total. The van der Waals surface area contributed by atoms with Crippen molar-refractivity contribution in [2.75, 3.05) is 31.1 Å². The van der Waals surface area contributed by atoms with Gasteiger partial charge in [-0.15, -0.1) is 0 Å². The normalized spacial score (nSPS) is 18.6. The molecule has 0 amide bonds. The second-order valence-electron chi connectivity index (χ2n) is 5.43. The number of nitrogens with zero attached hydrogens (tertiary/aromatic N) is 2. The summed E-state index contributed by atoms with van der Waals surface area (Å²) in [5, 5.41) is 12.8. The Bertz CT molecular complexity index is 475. The molecule has 0 aromatic heterocycles. The fourth-order valence-corrected chi connectivity index (χ4v) is 3.18. The highest BCUT2D eigenvalue weighted by atomic mass is 79.9. The van der Waals surface area contributed by atoms with Gasteiger partial charge in [0.1, 0.15) is 6.07 Å². The van der Waals surface area contributed by atoms with Crippen LogP contribution in [-0.2, 0) is 0 Å². The molecule has 1 aromatic rings. The van der Waals surface area contributed by atoms with Crippen molar-refractivity contribution >= 4 is 21.6 Å².